The molecular weight excluding hydrogens is 248 g/mol. The van der Waals surface area contributed by atoms with Gasteiger partial charge in [0.15, 0.2) is 0 Å². The summed E-state index contributed by atoms with van der Waals surface area (Å²) in [5, 5.41) is 8.08. The minimum atomic E-state index is 0.353. The Hall–Kier alpha value is -0.610. The molecule has 0 amide bonds. The molecule has 2 rings (SSSR count). The fourth-order valence-electron chi connectivity index (χ4n) is 2.51. The molecule has 1 N–H and O–H groups in total. The third-order valence-electron chi connectivity index (χ3n) is 3.49. The van der Waals surface area contributed by atoms with Crippen LogP contribution in [0.1, 0.15) is 38.9 Å². The van der Waals surface area contributed by atoms with Crippen molar-refractivity contribution < 1.29 is 0 Å². The lowest BCUT2D eigenvalue weighted by molar-refractivity contribution is 0.442. The molecule has 0 saturated heterocycles. The molecule has 0 aliphatic heterocycles. The minimum Gasteiger partial charge on any atom is -0.310 e. The summed E-state index contributed by atoms with van der Waals surface area (Å²) in [6.07, 6.45) is 5.32. The van der Waals surface area contributed by atoms with Crippen LogP contribution in [0.15, 0.2) is 6.33 Å². The van der Waals surface area contributed by atoms with Crippen molar-refractivity contribution in [3.8, 4) is 0 Å². The second-order valence-electron chi connectivity index (χ2n) is 5.59. The van der Waals surface area contributed by atoms with Crippen LogP contribution >= 0.6 is 11.6 Å². The van der Waals surface area contributed by atoms with Gasteiger partial charge in [0.1, 0.15) is 12.2 Å². The van der Waals surface area contributed by atoms with Gasteiger partial charge in [0.25, 0.3) is 0 Å². The molecule has 0 radical (unpaired) electrons. The highest BCUT2D eigenvalue weighted by atomic mass is 35.5. The average molecular weight is 271 g/mol. The van der Waals surface area contributed by atoms with E-state index < -0.39 is 0 Å². The van der Waals surface area contributed by atoms with E-state index in [1.165, 1.54) is 12.8 Å². The van der Waals surface area contributed by atoms with Gasteiger partial charge in [-0.2, -0.15) is 5.10 Å². The summed E-state index contributed by atoms with van der Waals surface area (Å²) in [7, 11) is 0. The van der Waals surface area contributed by atoms with Crippen molar-refractivity contribution in [3.05, 3.63) is 12.2 Å². The Kier molecular flexibility index (Phi) is 5.01. The fourth-order valence-corrected chi connectivity index (χ4v) is 2.88. The molecule has 0 aromatic carbocycles. The van der Waals surface area contributed by atoms with E-state index in [0.29, 0.717) is 17.2 Å². The number of aromatic nitrogens is 3. The number of halogens is 1. The van der Waals surface area contributed by atoms with Gasteiger partial charge in [-0.25, -0.2) is 9.67 Å². The van der Waals surface area contributed by atoms with Crippen LogP contribution in [0.5, 0.6) is 0 Å². The molecule has 4 nitrogen and oxygen atoms in total. The summed E-state index contributed by atoms with van der Waals surface area (Å²) in [5.74, 6) is 2.23. The van der Waals surface area contributed by atoms with E-state index >= 15 is 0 Å². The number of nitrogens with one attached hydrogen (secondary N) is 1. The van der Waals surface area contributed by atoms with E-state index in [-0.39, 0.29) is 0 Å². The lowest BCUT2D eigenvalue weighted by Crippen LogP contribution is -2.27. The molecule has 5 heteroatoms. The van der Waals surface area contributed by atoms with Crippen molar-refractivity contribution in [2.45, 2.75) is 51.6 Å². The first-order chi connectivity index (χ1) is 8.66. The summed E-state index contributed by atoms with van der Waals surface area (Å²) < 4.78 is 1.99. The zero-order valence-corrected chi connectivity index (χ0v) is 12.0. The van der Waals surface area contributed by atoms with Crippen LogP contribution < -0.4 is 5.32 Å². The van der Waals surface area contributed by atoms with Crippen LogP contribution in [0, 0.1) is 11.8 Å². The molecule has 1 aliphatic carbocycles. The monoisotopic (exact) mass is 270 g/mol. The molecule has 1 aromatic rings. The van der Waals surface area contributed by atoms with Crippen LogP contribution in [-0.2, 0) is 13.1 Å². The smallest absolute Gasteiger partial charge is 0.140 e. The quantitative estimate of drug-likeness (QED) is 0.808. The summed E-state index contributed by atoms with van der Waals surface area (Å²) in [5.41, 5.74) is 0. The normalized spacial score (nSPS) is 24.0. The van der Waals surface area contributed by atoms with Crippen molar-refractivity contribution in [2.75, 3.05) is 6.54 Å². The molecule has 1 aromatic heterocycles. The lowest BCUT2D eigenvalue weighted by atomic mass is 10.1. The third kappa shape index (κ3) is 3.69. The molecule has 102 valence electrons. The SMILES string of the molecule is CC(C)Cn1ncnc1CNCC1CCCC1Cl. The van der Waals surface area contributed by atoms with Gasteiger partial charge in [-0.1, -0.05) is 20.3 Å². The number of nitrogens with zero attached hydrogens (tertiary/aromatic N) is 3. The Labute approximate surface area is 114 Å². The van der Waals surface area contributed by atoms with Gasteiger partial charge >= 0.3 is 0 Å². The van der Waals surface area contributed by atoms with Crippen molar-refractivity contribution in [3.63, 3.8) is 0 Å². The largest absolute Gasteiger partial charge is 0.310 e. The Balaban J connectivity index is 1.77. The fraction of sp³-hybridized carbons (Fsp3) is 0.846. The molecule has 0 spiro atoms. The molecule has 1 fully saturated rings. The topological polar surface area (TPSA) is 42.7 Å². The number of hydrogen-bond donors (Lipinski definition) is 1. The van der Waals surface area contributed by atoms with Crippen LogP contribution in [-0.4, -0.2) is 26.7 Å². The molecule has 1 aliphatic rings. The average Bonchev–Trinajstić information content (AvgIpc) is 2.89. The number of alkyl halides is 1. The number of hydrogen-bond acceptors (Lipinski definition) is 3. The molecule has 1 saturated carbocycles. The first-order valence-corrected chi connectivity index (χ1v) is 7.32. The van der Waals surface area contributed by atoms with E-state index in [0.717, 1.165) is 31.9 Å². The first kappa shape index (κ1) is 13.8. The minimum absolute atomic E-state index is 0.353. The zero-order valence-electron chi connectivity index (χ0n) is 11.3. The second-order valence-corrected chi connectivity index (χ2v) is 6.15. The van der Waals surface area contributed by atoms with Gasteiger partial charge in [-0.3, -0.25) is 0 Å². The molecule has 1 heterocycles. The molecule has 2 unspecified atom stereocenters. The van der Waals surface area contributed by atoms with Gasteiger partial charge < -0.3 is 5.32 Å². The first-order valence-electron chi connectivity index (χ1n) is 6.88. The molecule has 2 atom stereocenters. The van der Waals surface area contributed by atoms with Crippen LogP contribution in [0.3, 0.4) is 0 Å². The Morgan fingerprint density at radius 3 is 3.00 bits per heavy atom. The highest BCUT2D eigenvalue weighted by Crippen LogP contribution is 2.29. The predicted molar refractivity (Wildman–Crippen MR) is 73.5 cm³/mol. The van der Waals surface area contributed by atoms with Crippen molar-refractivity contribution in [1.82, 2.24) is 20.1 Å². The Morgan fingerprint density at radius 2 is 2.33 bits per heavy atom. The third-order valence-corrected chi connectivity index (χ3v) is 4.06. The summed E-state index contributed by atoms with van der Waals surface area (Å²) in [6.45, 7) is 7.08. The lowest BCUT2D eigenvalue weighted by Gasteiger charge is -2.14. The molecule has 0 bridgehead atoms. The van der Waals surface area contributed by atoms with Gasteiger partial charge in [-0.05, 0) is 31.2 Å². The van der Waals surface area contributed by atoms with Crippen molar-refractivity contribution in [1.29, 1.82) is 0 Å². The summed E-state index contributed by atoms with van der Waals surface area (Å²) >= 11 is 6.27. The highest BCUT2D eigenvalue weighted by Gasteiger charge is 2.24. The van der Waals surface area contributed by atoms with Crippen LogP contribution in [0.4, 0.5) is 0 Å². The Bertz CT molecular complexity index is 364. The van der Waals surface area contributed by atoms with Crippen molar-refractivity contribution >= 4 is 11.6 Å². The molecule has 18 heavy (non-hydrogen) atoms. The van der Waals surface area contributed by atoms with Gasteiger partial charge in [0.05, 0.1) is 6.54 Å². The van der Waals surface area contributed by atoms with E-state index in [1.54, 1.807) is 6.33 Å². The van der Waals surface area contributed by atoms with Crippen LogP contribution in [0.25, 0.3) is 0 Å². The summed E-state index contributed by atoms with van der Waals surface area (Å²) in [6, 6.07) is 0. The maximum Gasteiger partial charge on any atom is 0.140 e. The zero-order chi connectivity index (χ0) is 13.0. The van der Waals surface area contributed by atoms with E-state index in [4.69, 9.17) is 11.6 Å². The second kappa shape index (κ2) is 6.53. The van der Waals surface area contributed by atoms with E-state index in [9.17, 15) is 0 Å². The van der Waals surface area contributed by atoms with E-state index in [1.807, 2.05) is 4.68 Å². The molecular formula is C13H23ClN4. The van der Waals surface area contributed by atoms with Gasteiger partial charge in [0.2, 0.25) is 0 Å². The van der Waals surface area contributed by atoms with E-state index in [2.05, 4.69) is 29.2 Å². The van der Waals surface area contributed by atoms with Crippen LogP contribution in [0.2, 0.25) is 0 Å². The highest BCUT2D eigenvalue weighted by molar-refractivity contribution is 6.20. The van der Waals surface area contributed by atoms with Gasteiger partial charge in [-0.15, -0.1) is 11.6 Å². The van der Waals surface area contributed by atoms with Crippen molar-refractivity contribution in [2.24, 2.45) is 11.8 Å². The number of rotatable bonds is 6. The predicted octanol–water partition coefficient (Wildman–Crippen LogP) is 2.43. The van der Waals surface area contributed by atoms with Gasteiger partial charge in [0, 0.05) is 11.9 Å². The maximum atomic E-state index is 6.27. The Morgan fingerprint density at radius 1 is 1.50 bits per heavy atom. The standard InChI is InChI=1S/C13H23ClN4/c1-10(2)8-18-13(16-9-17-18)7-15-6-11-4-3-5-12(11)14/h9-12,15H,3-8H2,1-2H3. The maximum absolute atomic E-state index is 6.27. The summed E-state index contributed by atoms with van der Waals surface area (Å²) in [4.78, 5) is 4.31.